The zero-order valence-electron chi connectivity index (χ0n) is 15.9. The van der Waals surface area contributed by atoms with Crippen LogP contribution in [0.5, 0.6) is 0 Å². The fourth-order valence-corrected chi connectivity index (χ4v) is 4.17. The number of hydrogen-bond acceptors (Lipinski definition) is 5. The van der Waals surface area contributed by atoms with Crippen LogP contribution in [0.2, 0.25) is 0 Å². The topological polar surface area (TPSA) is 75.7 Å². The van der Waals surface area contributed by atoms with Crippen molar-refractivity contribution in [3.05, 3.63) is 29.8 Å². The predicted molar refractivity (Wildman–Crippen MR) is 102 cm³/mol. The molecule has 1 aliphatic rings. The molecule has 0 aromatic heterocycles. The van der Waals surface area contributed by atoms with E-state index < -0.39 is 9.84 Å². The monoisotopic (exact) mass is 382 g/mol. The molecule has 0 radical (unpaired) electrons. The molecule has 1 N–H and O–H groups in total. The largest absolute Gasteiger partial charge is 0.379 e. The van der Waals surface area contributed by atoms with Crippen LogP contribution < -0.4 is 5.32 Å². The van der Waals surface area contributed by atoms with Gasteiger partial charge in [-0.1, -0.05) is 32.8 Å². The van der Waals surface area contributed by atoms with Gasteiger partial charge in [0.05, 0.1) is 18.1 Å². The van der Waals surface area contributed by atoms with Crippen LogP contribution in [-0.4, -0.2) is 64.4 Å². The zero-order valence-corrected chi connectivity index (χ0v) is 16.7. The van der Waals surface area contributed by atoms with Gasteiger partial charge in [0.1, 0.15) is 0 Å². The summed E-state index contributed by atoms with van der Waals surface area (Å²) in [6, 6.07) is 6.45. The summed E-state index contributed by atoms with van der Waals surface area (Å²) < 4.78 is 28.8. The maximum absolute atomic E-state index is 12.6. The van der Waals surface area contributed by atoms with Crippen LogP contribution in [0.25, 0.3) is 0 Å². The number of carbonyl (C=O) groups is 1. The van der Waals surface area contributed by atoms with Gasteiger partial charge in [-0.05, 0) is 24.1 Å². The lowest BCUT2D eigenvalue weighted by Crippen LogP contribution is -2.52. The highest BCUT2D eigenvalue weighted by Crippen LogP contribution is 2.20. The van der Waals surface area contributed by atoms with Crippen molar-refractivity contribution in [2.24, 2.45) is 5.92 Å². The minimum absolute atomic E-state index is 0.162. The average molecular weight is 383 g/mol. The molecule has 0 aliphatic carbocycles. The standard InChI is InChI=1S/C19H30N2O4S/c1-4-15(5-2)18(21-9-11-25-12-10-21)14-20-19(22)16-7-6-8-17(13-16)26(3,23)24/h6-8,13,15,18H,4-5,9-12,14H2,1-3H3,(H,20,22). The molecule has 0 bridgehead atoms. The number of nitrogens with zero attached hydrogens (tertiary/aromatic N) is 1. The number of sulfone groups is 1. The molecule has 2 rings (SSSR count). The molecule has 1 unspecified atom stereocenters. The van der Waals surface area contributed by atoms with Gasteiger partial charge in [-0.3, -0.25) is 9.69 Å². The molecule has 1 heterocycles. The Hall–Kier alpha value is -1.44. The lowest BCUT2D eigenvalue weighted by Gasteiger charge is -2.38. The van der Waals surface area contributed by atoms with Crippen LogP contribution in [0.15, 0.2) is 29.2 Å². The third kappa shape index (κ3) is 5.53. The quantitative estimate of drug-likeness (QED) is 0.744. The fourth-order valence-electron chi connectivity index (χ4n) is 3.50. The summed E-state index contributed by atoms with van der Waals surface area (Å²) in [5, 5.41) is 3.01. The highest BCUT2D eigenvalue weighted by Gasteiger charge is 2.27. The van der Waals surface area contributed by atoms with Crippen molar-refractivity contribution in [1.29, 1.82) is 0 Å². The third-order valence-electron chi connectivity index (χ3n) is 5.10. The molecular formula is C19H30N2O4S. The first kappa shape index (κ1) is 20.9. The van der Waals surface area contributed by atoms with Crippen LogP contribution in [0, 0.1) is 5.92 Å². The summed E-state index contributed by atoms with van der Waals surface area (Å²) in [5.74, 6) is 0.260. The van der Waals surface area contributed by atoms with Crippen molar-refractivity contribution in [2.75, 3.05) is 39.1 Å². The van der Waals surface area contributed by atoms with E-state index in [0.29, 0.717) is 18.0 Å². The second-order valence-electron chi connectivity index (χ2n) is 6.80. The Labute approximate surface area is 156 Å². The van der Waals surface area contributed by atoms with Crippen LogP contribution in [-0.2, 0) is 14.6 Å². The molecule has 1 atom stereocenters. The molecule has 1 amide bonds. The van der Waals surface area contributed by atoms with Crippen LogP contribution in [0.3, 0.4) is 0 Å². The van der Waals surface area contributed by atoms with E-state index in [2.05, 4.69) is 24.1 Å². The molecule has 7 heteroatoms. The molecule has 0 saturated carbocycles. The number of morpholine rings is 1. The number of hydrogen-bond donors (Lipinski definition) is 1. The second-order valence-corrected chi connectivity index (χ2v) is 8.82. The van der Waals surface area contributed by atoms with Crippen molar-refractivity contribution < 1.29 is 17.9 Å². The first-order valence-electron chi connectivity index (χ1n) is 9.27. The second kappa shape index (κ2) is 9.48. The van der Waals surface area contributed by atoms with Crippen LogP contribution in [0.4, 0.5) is 0 Å². The summed E-state index contributed by atoms with van der Waals surface area (Å²) in [4.78, 5) is 15.1. The van der Waals surface area contributed by atoms with E-state index >= 15 is 0 Å². The van der Waals surface area contributed by atoms with Gasteiger partial charge in [0.25, 0.3) is 5.91 Å². The third-order valence-corrected chi connectivity index (χ3v) is 6.21. The van der Waals surface area contributed by atoms with Crippen LogP contribution in [0.1, 0.15) is 37.0 Å². The Morgan fingerprint density at radius 2 is 1.88 bits per heavy atom. The van der Waals surface area contributed by atoms with Gasteiger partial charge in [-0.15, -0.1) is 0 Å². The lowest BCUT2D eigenvalue weighted by atomic mass is 9.92. The summed E-state index contributed by atoms with van der Waals surface area (Å²) >= 11 is 0. The number of nitrogens with one attached hydrogen (secondary N) is 1. The van der Waals surface area contributed by atoms with Crippen molar-refractivity contribution in [3.8, 4) is 0 Å². The van der Waals surface area contributed by atoms with Gasteiger partial charge in [0.2, 0.25) is 0 Å². The van der Waals surface area contributed by atoms with Crippen LogP contribution >= 0.6 is 0 Å². The number of benzene rings is 1. The van der Waals surface area contributed by atoms with E-state index in [0.717, 1.165) is 45.4 Å². The first-order valence-corrected chi connectivity index (χ1v) is 11.2. The predicted octanol–water partition coefficient (Wildman–Crippen LogP) is 1.96. The lowest BCUT2D eigenvalue weighted by molar-refractivity contribution is 0.00191. The maximum Gasteiger partial charge on any atom is 0.251 e. The number of rotatable bonds is 8. The van der Waals surface area contributed by atoms with E-state index in [-0.39, 0.29) is 16.8 Å². The molecule has 0 spiro atoms. The van der Waals surface area contributed by atoms with Gasteiger partial charge < -0.3 is 10.1 Å². The summed E-state index contributed by atoms with van der Waals surface area (Å²) in [7, 11) is -3.33. The maximum atomic E-state index is 12.6. The van der Waals surface area contributed by atoms with E-state index in [1.54, 1.807) is 12.1 Å². The van der Waals surface area contributed by atoms with Crippen molar-refractivity contribution in [2.45, 2.75) is 37.6 Å². The molecular weight excluding hydrogens is 352 g/mol. The fraction of sp³-hybridized carbons (Fsp3) is 0.632. The molecule has 1 fully saturated rings. The Morgan fingerprint density at radius 1 is 1.23 bits per heavy atom. The number of amides is 1. The molecule has 1 aromatic rings. The molecule has 1 aromatic carbocycles. The molecule has 146 valence electrons. The molecule has 1 aliphatic heterocycles. The van der Waals surface area contributed by atoms with E-state index in [1.807, 2.05) is 0 Å². The van der Waals surface area contributed by atoms with Gasteiger partial charge in [-0.2, -0.15) is 0 Å². The Kier molecular flexibility index (Phi) is 7.61. The Morgan fingerprint density at radius 3 is 2.46 bits per heavy atom. The number of carbonyl (C=O) groups excluding carboxylic acids is 1. The smallest absolute Gasteiger partial charge is 0.251 e. The Bertz CT molecular complexity index is 695. The Balaban J connectivity index is 2.08. The highest BCUT2D eigenvalue weighted by atomic mass is 32.2. The van der Waals surface area contributed by atoms with Gasteiger partial charge >= 0.3 is 0 Å². The van der Waals surface area contributed by atoms with Gasteiger partial charge in [0, 0.05) is 37.5 Å². The number of ether oxygens (including phenoxy) is 1. The normalized spacial score (nSPS) is 17.2. The SMILES string of the molecule is CCC(CC)C(CNC(=O)c1cccc(S(C)(=O)=O)c1)N1CCOCC1. The summed E-state index contributed by atoms with van der Waals surface area (Å²) in [5.41, 5.74) is 0.373. The average Bonchev–Trinajstić information content (AvgIpc) is 2.65. The molecule has 6 nitrogen and oxygen atoms in total. The zero-order chi connectivity index (χ0) is 19.2. The highest BCUT2D eigenvalue weighted by molar-refractivity contribution is 7.90. The van der Waals surface area contributed by atoms with Gasteiger partial charge in [0.15, 0.2) is 9.84 Å². The summed E-state index contributed by atoms with van der Waals surface area (Å²) in [6.45, 7) is 8.11. The molecule has 26 heavy (non-hydrogen) atoms. The minimum atomic E-state index is -3.33. The summed E-state index contributed by atoms with van der Waals surface area (Å²) in [6.07, 6.45) is 3.25. The molecule has 1 saturated heterocycles. The van der Waals surface area contributed by atoms with Crippen molar-refractivity contribution in [3.63, 3.8) is 0 Å². The van der Waals surface area contributed by atoms with Gasteiger partial charge in [-0.25, -0.2) is 8.42 Å². The van der Waals surface area contributed by atoms with E-state index in [1.165, 1.54) is 12.1 Å². The van der Waals surface area contributed by atoms with Crippen molar-refractivity contribution in [1.82, 2.24) is 10.2 Å². The van der Waals surface area contributed by atoms with Crippen molar-refractivity contribution >= 4 is 15.7 Å². The van der Waals surface area contributed by atoms with E-state index in [4.69, 9.17) is 4.74 Å². The van der Waals surface area contributed by atoms with E-state index in [9.17, 15) is 13.2 Å². The first-order chi connectivity index (χ1) is 12.4. The minimum Gasteiger partial charge on any atom is -0.379 e.